The van der Waals surface area contributed by atoms with E-state index in [4.69, 9.17) is 0 Å². The highest BCUT2D eigenvalue weighted by atomic mass is 32.2. The molecule has 3 heterocycles. The highest BCUT2D eigenvalue weighted by Crippen LogP contribution is 2.37. The molecule has 0 bridgehead atoms. The molecule has 8 nitrogen and oxygen atoms in total. The summed E-state index contributed by atoms with van der Waals surface area (Å²) in [6, 6.07) is 9.69. The summed E-state index contributed by atoms with van der Waals surface area (Å²) in [4.78, 5) is 16.5. The van der Waals surface area contributed by atoms with Crippen LogP contribution in [0.3, 0.4) is 0 Å². The van der Waals surface area contributed by atoms with Crippen molar-refractivity contribution < 1.29 is 18.3 Å². The molecule has 1 amide bonds. The van der Waals surface area contributed by atoms with E-state index in [9.17, 15) is 18.3 Å². The molecule has 1 aliphatic rings. The number of hydrogen-bond acceptors (Lipinski definition) is 6. The van der Waals surface area contributed by atoms with Crippen molar-refractivity contribution in [3.63, 3.8) is 0 Å². The second kappa shape index (κ2) is 5.55. The van der Waals surface area contributed by atoms with Gasteiger partial charge in [0.15, 0.2) is 5.65 Å². The minimum absolute atomic E-state index is 0.151. The maximum absolute atomic E-state index is 12.9. The second-order valence-corrected chi connectivity index (χ2v) is 8.10. The SMILES string of the molecule is CC1(CO)Nc2c(cnc3c2ccn3S(=O)(=O)c2ccccc2)NC1=O. The second-order valence-electron chi connectivity index (χ2n) is 6.28. The third-order valence-corrected chi connectivity index (χ3v) is 6.13. The van der Waals surface area contributed by atoms with Crippen molar-refractivity contribution in [2.24, 2.45) is 0 Å². The zero-order valence-corrected chi connectivity index (χ0v) is 14.6. The summed E-state index contributed by atoms with van der Waals surface area (Å²) in [6.07, 6.45) is 2.82. The van der Waals surface area contributed by atoms with Gasteiger partial charge in [-0.1, -0.05) is 18.2 Å². The molecule has 4 rings (SSSR count). The number of benzene rings is 1. The topological polar surface area (TPSA) is 113 Å². The van der Waals surface area contributed by atoms with Crippen LogP contribution in [-0.4, -0.2) is 40.5 Å². The van der Waals surface area contributed by atoms with Crippen LogP contribution in [0.25, 0.3) is 11.0 Å². The predicted octanol–water partition coefficient (Wildman–Crippen LogP) is 1.39. The molecule has 26 heavy (non-hydrogen) atoms. The summed E-state index contributed by atoms with van der Waals surface area (Å²) < 4.78 is 26.9. The zero-order chi connectivity index (χ0) is 18.5. The van der Waals surface area contributed by atoms with E-state index in [1.807, 2.05) is 0 Å². The number of carbonyl (C=O) groups is 1. The minimum Gasteiger partial charge on any atom is -0.393 e. The van der Waals surface area contributed by atoms with Gasteiger partial charge in [-0.15, -0.1) is 0 Å². The molecule has 3 aromatic rings. The smallest absolute Gasteiger partial charge is 0.269 e. The number of rotatable bonds is 3. The molecule has 3 N–H and O–H groups in total. The molecule has 0 fully saturated rings. The van der Waals surface area contributed by atoms with Gasteiger partial charge in [0.1, 0.15) is 5.54 Å². The summed E-state index contributed by atoms with van der Waals surface area (Å²) in [7, 11) is -3.80. The Morgan fingerprint density at radius 3 is 2.65 bits per heavy atom. The van der Waals surface area contributed by atoms with Crippen LogP contribution in [0.4, 0.5) is 11.4 Å². The molecule has 1 aromatic carbocycles. The quantitative estimate of drug-likeness (QED) is 0.640. The minimum atomic E-state index is -3.80. The highest BCUT2D eigenvalue weighted by molar-refractivity contribution is 7.90. The number of fused-ring (bicyclic) bond motifs is 3. The lowest BCUT2D eigenvalue weighted by molar-refractivity contribution is -0.121. The molecular weight excluding hydrogens is 356 g/mol. The third kappa shape index (κ3) is 2.28. The molecule has 0 radical (unpaired) electrons. The number of anilines is 2. The van der Waals surface area contributed by atoms with Gasteiger partial charge < -0.3 is 15.7 Å². The molecule has 1 aliphatic heterocycles. The molecule has 9 heteroatoms. The molecule has 1 atom stereocenters. The Kier molecular flexibility index (Phi) is 3.53. The Labute approximate surface area is 149 Å². The number of nitrogens with zero attached hydrogens (tertiary/aromatic N) is 2. The van der Waals surface area contributed by atoms with Crippen LogP contribution in [0.5, 0.6) is 0 Å². The first-order valence-electron chi connectivity index (χ1n) is 7.88. The lowest BCUT2D eigenvalue weighted by atomic mass is 9.98. The maximum Gasteiger partial charge on any atom is 0.269 e. The molecule has 134 valence electrons. The van der Waals surface area contributed by atoms with Crippen LogP contribution in [0.1, 0.15) is 6.92 Å². The first-order chi connectivity index (χ1) is 12.4. The molecule has 0 spiro atoms. The summed E-state index contributed by atoms with van der Waals surface area (Å²) in [6.45, 7) is 1.15. The molecule has 0 saturated carbocycles. The largest absolute Gasteiger partial charge is 0.393 e. The van der Waals surface area contributed by atoms with Gasteiger partial charge in [0, 0.05) is 11.6 Å². The van der Waals surface area contributed by atoms with Crippen molar-refractivity contribution in [3.8, 4) is 0 Å². The Balaban J connectivity index is 1.90. The van der Waals surface area contributed by atoms with Crippen LogP contribution in [-0.2, 0) is 14.8 Å². The van der Waals surface area contributed by atoms with Crippen molar-refractivity contribution in [1.82, 2.24) is 8.96 Å². The molecule has 1 unspecified atom stereocenters. The normalized spacial score (nSPS) is 19.7. The Bertz CT molecular complexity index is 1120. The van der Waals surface area contributed by atoms with Crippen molar-refractivity contribution in [2.75, 3.05) is 17.2 Å². The lowest BCUT2D eigenvalue weighted by Gasteiger charge is -2.34. The number of amides is 1. The summed E-state index contributed by atoms with van der Waals surface area (Å²) in [5, 5.41) is 15.8. The highest BCUT2D eigenvalue weighted by Gasteiger charge is 2.38. The first kappa shape index (κ1) is 16.6. The number of aliphatic hydroxyl groups is 1. The summed E-state index contributed by atoms with van der Waals surface area (Å²) >= 11 is 0. The molecule has 0 aliphatic carbocycles. The molecule has 2 aromatic heterocycles. The monoisotopic (exact) mass is 372 g/mol. The Morgan fingerprint density at radius 2 is 1.96 bits per heavy atom. The fraction of sp³-hybridized carbons (Fsp3) is 0.176. The Hall–Kier alpha value is -2.91. The van der Waals surface area contributed by atoms with Crippen molar-refractivity contribution in [3.05, 3.63) is 48.8 Å². The predicted molar refractivity (Wildman–Crippen MR) is 96.5 cm³/mol. The van der Waals surface area contributed by atoms with E-state index in [0.717, 1.165) is 3.97 Å². The zero-order valence-electron chi connectivity index (χ0n) is 13.8. The third-order valence-electron chi connectivity index (χ3n) is 4.45. The molecular formula is C17H16N4O4S. The van der Waals surface area contributed by atoms with Gasteiger partial charge in [-0.3, -0.25) is 4.79 Å². The standard InChI is InChI=1S/C17H16N4O4S/c1-17(10-22)16(23)19-13-9-18-15-12(14(13)20-17)7-8-21(15)26(24,25)11-5-3-2-4-6-11/h2-9,20,22H,10H2,1H3,(H,19,23). The molecule has 0 saturated heterocycles. The van der Waals surface area contributed by atoms with E-state index in [1.165, 1.54) is 24.5 Å². The van der Waals surface area contributed by atoms with Crippen LogP contribution < -0.4 is 10.6 Å². The number of hydrogen-bond donors (Lipinski definition) is 3. The van der Waals surface area contributed by atoms with E-state index >= 15 is 0 Å². The summed E-state index contributed by atoms with van der Waals surface area (Å²) in [5.74, 6) is -0.384. The number of carbonyl (C=O) groups excluding carboxylic acids is 1. The Morgan fingerprint density at radius 1 is 1.23 bits per heavy atom. The van der Waals surface area contributed by atoms with Crippen LogP contribution in [0.2, 0.25) is 0 Å². The van der Waals surface area contributed by atoms with Crippen LogP contribution in [0, 0.1) is 0 Å². The number of aromatic nitrogens is 2. The van der Waals surface area contributed by atoms with Gasteiger partial charge in [0.05, 0.1) is 29.1 Å². The maximum atomic E-state index is 12.9. The fourth-order valence-corrected chi connectivity index (χ4v) is 4.22. The van der Waals surface area contributed by atoms with E-state index in [2.05, 4.69) is 15.6 Å². The van der Waals surface area contributed by atoms with Crippen molar-refractivity contribution >= 4 is 38.3 Å². The van der Waals surface area contributed by atoms with Gasteiger partial charge >= 0.3 is 0 Å². The van der Waals surface area contributed by atoms with Gasteiger partial charge in [0.2, 0.25) is 0 Å². The van der Waals surface area contributed by atoms with E-state index in [1.54, 1.807) is 31.2 Å². The number of nitrogens with one attached hydrogen (secondary N) is 2. The summed E-state index contributed by atoms with van der Waals surface area (Å²) in [5.41, 5.74) is -0.0187. The van der Waals surface area contributed by atoms with Crippen molar-refractivity contribution in [2.45, 2.75) is 17.4 Å². The van der Waals surface area contributed by atoms with Crippen LogP contribution >= 0.6 is 0 Å². The van der Waals surface area contributed by atoms with E-state index < -0.39 is 22.2 Å². The lowest BCUT2D eigenvalue weighted by Crippen LogP contribution is -2.52. The van der Waals surface area contributed by atoms with E-state index in [0.29, 0.717) is 16.8 Å². The average molecular weight is 372 g/mol. The van der Waals surface area contributed by atoms with Gasteiger partial charge in [-0.25, -0.2) is 17.4 Å². The van der Waals surface area contributed by atoms with Gasteiger partial charge in [-0.05, 0) is 25.1 Å². The first-order valence-corrected chi connectivity index (χ1v) is 9.32. The van der Waals surface area contributed by atoms with Crippen LogP contribution in [0.15, 0.2) is 53.7 Å². The fourth-order valence-electron chi connectivity index (χ4n) is 2.90. The number of pyridine rings is 1. The van der Waals surface area contributed by atoms with Crippen molar-refractivity contribution in [1.29, 1.82) is 0 Å². The van der Waals surface area contributed by atoms with E-state index in [-0.39, 0.29) is 16.4 Å². The number of aliphatic hydroxyl groups excluding tert-OH is 1. The van der Waals surface area contributed by atoms with Gasteiger partial charge in [0.25, 0.3) is 15.9 Å². The average Bonchev–Trinajstić information content (AvgIpc) is 3.09. The van der Waals surface area contributed by atoms with Gasteiger partial charge in [-0.2, -0.15) is 0 Å².